The fourth-order valence-corrected chi connectivity index (χ4v) is 3.31. The van der Waals surface area contributed by atoms with Crippen LogP contribution in [0.15, 0.2) is 33.6 Å². The van der Waals surface area contributed by atoms with Crippen LogP contribution in [0, 0.1) is 0 Å². The second kappa shape index (κ2) is 9.88. The molecule has 1 nitrogen and oxygen atoms in total. The lowest BCUT2D eigenvalue weighted by molar-refractivity contribution is 0.496. The first kappa shape index (κ1) is 16.1. The van der Waals surface area contributed by atoms with Gasteiger partial charge in [0.25, 0.3) is 0 Å². The van der Waals surface area contributed by atoms with Crippen molar-refractivity contribution in [1.82, 2.24) is 5.32 Å². The molecular formula is C15H24BrNS. The highest BCUT2D eigenvalue weighted by molar-refractivity contribution is 9.10. The van der Waals surface area contributed by atoms with Crippen molar-refractivity contribution in [1.29, 1.82) is 0 Å². The number of rotatable bonds is 9. The Balaban J connectivity index is 2.05. The summed E-state index contributed by atoms with van der Waals surface area (Å²) in [7, 11) is 0. The number of benzene rings is 1. The van der Waals surface area contributed by atoms with Crippen LogP contribution < -0.4 is 5.32 Å². The minimum Gasteiger partial charge on any atom is -0.314 e. The fourth-order valence-electron chi connectivity index (χ4n) is 1.79. The summed E-state index contributed by atoms with van der Waals surface area (Å²) < 4.78 is 1.17. The first-order valence-electron chi connectivity index (χ1n) is 6.84. The Morgan fingerprint density at radius 3 is 2.89 bits per heavy atom. The Labute approximate surface area is 124 Å². The van der Waals surface area contributed by atoms with Crippen LogP contribution in [-0.4, -0.2) is 18.3 Å². The van der Waals surface area contributed by atoms with Crippen LogP contribution in [0.4, 0.5) is 0 Å². The van der Waals surface area contributed by atoms with Gasteiger partial charge in [-0.1, -0.05) is 35.3 Å². The van der Waals surface area contributed by atoms with Gasteiger partial charge < -0.3 is 5.32 Å². The van der Waals surface area contributed by atoms with E-state index in [1.807, 2.05) is 11.8 Å². The summed E-state index contributed by atoms with van der Waals surface area (Å²) in [6.45, 7) is 5.65. The number of thioether (sulfide) groups is 1. The van der Waals surface area contributed by atoms with E-state index in [0.29, 0.717) is 6.04 Å². The minimum absolute atomic E-state index is 0.667. The van der Waals surface area contributed by atoms with Crippen molar-refractivity contribution < 1.29 is 0 Å². The van der Waals surface area contributed by atoms with Crippen molar-refractivity contribution in [3.05, 3.63) is 28.7 Å². The van der Waals surface area contributed by atoms with E-state index in [1.54, 1.807) is 0 Å². The van der Waals surface area contributed by atoms with Crippen LogP contribution in [-0.2, 0) is 0 Å². The van der Waals surface area contributed by atoms with E-state index >= 15 is 0 Å². The number of nitrogens with one attached hydrogen (secondary N) is 1. The van der Waals surface area contributed by atoms with Crippen molar-refractivity contribution >= 4 is 27.7 Å². The number of unbranched alkanes of at least 4 members (excludes halogenated alkanes) is 1. The van der Waals surface area contributed by atoms with Gasteiger partial charge in [-0.15, -0.1) is 11.8 Å². The predicted molar refractivity (Wildman–Crippen MR) is 86.5 cm³/mol. The van der Waals surface area contributed by atoms with Crippen LogP contribution in [0.2, 0.25) is 0 Å². The molecule has 1 N–H and O–H groups in total. The minimum atomic E-state index is 0.667. The second-order valence-corrected chi connectivity index (χ2v) is 6.74. The van der Waals surface area contributed by atoms with E-state index in [9.17, 15) is 0 Å². The van der Waals surface area contributed by atoms with Gasteiger partial charge in [-0.25, -0.2) is 0 Å². The van der Waals surface area contributed by atoms with Gasteiger partial charge in [-0.05, 0) is 56.7 Å². The third-order valence-electron chi connectivity index (χ3n) is 2.84. The molecule has 0 heterocycles. The lowest BCUT2D eigenvalue weighted by Gasteiger charge is -2.12. The summed E-state index contributed by atoms with van der Waals surface area (Å²) in [5, 5.41) is 3.54. The van der Waals surface area contributed by atoms with Gasteiger partial charge in [0.2, 0.25) is 0 Å². The lowest BCUT2D eigenvalue weighted by atomic mass is 10.1. The highest BCUT2D eigenvalue weighted by Crippen LogP contribution is 2.23. The predicted octanol–water partition coefficient (Wildman–Crippen LogP) is 5.10. The maximum absolute atomic E-state index is 3.54. The molecular weight excluding hydrogens is 306 g/mol. The Bertz CT molecular complexity index is 330. The molecule has 0 aliphatic carbocycles. The summed E-state index contributed by atoms with van der Waals surface area (Å²) >= 11 is 5.46. The third-order valence-corrected chi connectivity index (χ3v) is 4.41. The molecule has 0 saturated heterocycles. The molecule has 1 unspecified atom stereocenters. The molecule has 0 amide bonds. The highest BCUT2D eigenvalue weighted by Gasteiger charge is 2.00. The molecule has 18 heavy (non-hydrogen) atoms. The second-order valence-electron chi connectivity index (χ2n) is 4.66. The zero-order chi connectivity index (χ0) is 13.2. The molecule has 0 aliphatic rings. The molecule has 0 radical (unpaired) electrons. The molecule has 1 atom stereocenters. The molecule has 0 spiro atoms. The van der Waals surface area contributed by atoms with Gasteiger partial charge in [-0.2, -0.15) is 0 Å². The quantitative estimate of drug-likeness (QED) is 0.499. The summed E-state index contributed by atoms with van der Waals surface area (Å²) in [6, 6.07) is 9.21. The average molecular weight is 330 g/mol. The molecule has 0 bridgehead atoms. The number of hydrogen-bond donors (Lipinski definition) is 1. The molecule has 0 saturated carbocycles. The Morgan fingerprint density at radius 2 is 2.17 bits per heavy atom. The molecule has 0 aliphatic heterocycles. The normalized spacial score (nSPS) is 12.6. The maximum atomic E-state index is 3.54. The van der Waals surface area contributed by atoms with Gasteiger partial charge in [0.05, 0.1) is 0 Å². The van der Waals surface area contributed by atoms with Crippen molar-refractivity contribution in [2.75, 3.05) is 12.3 Å². The zero-order valence-corrected chi connectivity index (χ0v) is 13.8. The topological polar surface area (TPSA) is 12.0 Å². The van der Waals surface area contributed by atoms with E-state index in [0.717, 1.165) is 6.54 Å². The monoisotopic (exact) mass is 329 g/mol. The van der Waals surface area contributed by atoms with E-state index in [1.165, 1.54) is 40.8 Å². The van der Waals surface area contributed by atoms with Crippen molar-refractivity contribution in [2.24, 2.45) is 0 Å². The molecule has 1 rings (SSSR count). The third kappa shape index (κ3) is 7.45. The molecule has 102 valence electrons. The lowest BCUT2D eigenvalue weighted by Crippen LogP contribution is -2.26. The van der Waals surface area contributed by atoms with E-state index < -0.39 is 0 Å². The standard InChI is InChI=1S/C15H24BrNS/c1-3-10-17-13(2)7-4-5-11-18-15-9-6-8-14(16)12-15/h6,8-9,12-13,17H,3-5,7,10-11H2,1-2H3. The molecule has 3 heteroatoms. The molecule has 0 fully saturated rings. The summed E-state index contributed by atoms with van der Waals surface area (Å²) in [4.78, 5) is 1.36. The van der Waals surface area contributed by atoms with Gasteiger partial charge >= 0.3 is 0 Å². The SMILES string of the molecule is CCCNC(C)CCCCSc1cccc(Br)c1. The molecule has 0 aromatic heterocycles. The number of halogens is 1. The summed E-state index contributed by atoms with van der Waals surface area (Å²) in [5.74, 6) is 1.22. The Hall–Kier alpha value is 0.01000. The molecule has 1 aromatic rings. The Kier molecular flexibility index (Phi) is 8.82. The highest BCUT2D eigenvalue weighted by atomic mass is 79.9. The fraction of sp³-hybridized carbons (Fsp3) is 0.600. The smallest absolute Gasteiger partial charge is 0.0186 e. The van der Waals surface area contributed by atoms with Gasteiger partial charge in [-0.3, -0.25) is 0 Å². The van der Waals surface area contributed by atoms with Crippen LogP contribution in [0.1, 0.15) is 39.5 Å². The first-order valence-corrected chi connectivity index (χ1v) is 8.62. The summed E-state index contributed by atoms with van der Waals surface area (Å²) in [5.41, 5.74) is 0. The summed E-state index contributed by atoms with van der Waals surface area (Å²) in [6.07, 6.45) is 5.14. The van der Waals surface area contributed by atoms with Crippen molar-refractivity contribution in [3.8, 4) is 0 Å². The Morgan fingerprint density at radius 1 is 1.33 bits per heavy atom. The van der Waals surface area contributed by atoms with E-state index in [4.69, 9.17) is 0 Å². The van der Waals surface area contributed by atoms with Crippen LogP contribution in [0.25, 0.3) is 0 Å². The van der Waals surface area contributed by atoms with Crippen molar-refractivity contribution in [3.63, 3.8) is 0 Å². The van der Waals surface area contributed by atoms with Crippen molar-refractivity contribution in [2.45, 2.75) is 50.5 Å². The van der Waals surface area contributed by atoms with E-state index in [2.05, 4.69) is 59.4 Å². The average Bonchev–Trinajstić information content (AvgIpc) is 2.36. The molecule has 1 aromatic carbocycles. The van der Waals surface area contributed by atoms with Crippen LogP contribution >= 0.6 is 27.7 Å². The van der Waals surface area contributed by atoms with E-state index in [-0.39, 0.29) is 0 Å². The van der Waals surface area contributed by atoms with Gasteiger partial charge in [0, 0.05) is 15.4 Å². The van der Waals surface area contributed by atoms with Crippen LogP contribution in [0.3, 0.4) is 0 Å². The first-order chi connectivity index (χ1) is 8.72. The largest absolute Gasteiger partial charge is 0.314 e. The number of hydrogen-bond acceptors (Lipinski definition) is 2. The van der Waals surface area contributed by atoms with Crippen LogP contribution in [0.5, 0.6) is 0 Å². The zero-order valence-electron chi connectivity index (χ0n) is 11.4. The van der Waals surface area contributed by atoms with Gasteiger partial charge in [0.15, 0.2) is 0 Å². The van der Waals surface area contributed by atoms with Gasteiger partial charge in [0.1, 0.15) is 0 Å². The maximum Gasteiger partial charge on any atom is 0.0186 e.